The smallest absolute Gasteiger partial charge is 0.217 e. The summed E-state index contributed by atoms with van der Waals surface area (Å²) in [5.41, 5.74) is 8.38. The number of carbonyl (C=O) groups is 2. The number of ketones is 1. The predicted octanol–water partition coefficient (Wildman–Crippen LogP) is 2.07. The van der Waals surface area contributed by atoms with Crippen molar-refractivity contribution in [1.82, 2.24) is 4.90 Å². The van der Waals surface area contributed by atoms with Crippen molar-refractivity contribution in [3.63, 3.8) is 0 Å². The van der Waals surface area contributed by atoms with Gasteiger partial charge < -0.3 is 5.73 Å². The van der Waals surface area contributed by atoms with Crippen LogP contribution in [0.5, 0.6) is 0 Å². The molecule has 1 aliphatic heterocycles. The molecule has 0 aliphatic carbocycles. The number of benzene rings is 1. The molecule has 4 nitrogen and oxygen atoms in total. The van der Waals surface area contributed by atoms with E-state index in [1.165, 1.54) is 5.56 Å². The molecule has 1 heterocycles. The van der Waals surface area contributed by atoms with E-state index in [0.717, 1.165) is 37.1 Å². The molecule has 0 bridgehead atoms. The number of hydrogen-bond donors (Lipinski definition) is 1. The first kappa shape index (κ1) is 15.7. The van der Waals surface area contributed by atoms with Gasteiger partial charge in [0.1, 0.15) is 0 Å². The van der Waals surface area contributed by atoms with Gasteiger partial charge in [-0.15, -0.1) is 0 Å². The molecular formula is C17H24N2O2. The van der Waals surface area contributed by atoms with Gasteiger partial charge in [0.2, 0.25) is 5.91 Å². The number of nitrogens with zero attached hydrogens (tertiary/aromatic N) is 1. The van der Waals surface area contributed by atoms with E-state index in [2.05, 4.69) is 4.90 Å². The van der Waals surface area contributed by atoms with Crippen molar-refractivity contribution >= 4 is 11.7 Å². The Morgan fingerprint density at radius 1 is 1.19 bits per heavy atom. The molecule has 1 saturated heterocycles. The summed E-state index contributed by atoms with van der Waals surface area (Å²) in [5.74, 6) is 0.335. The highest BCUT2D eigenvalue weighted by molar-refractivity contribution is 5.97. The molecular weight excluding hydrogens is 264 g/mol. The summed E-state index contributed by atoms with van der Waals surface area (Å²) >= 11 is 0. The Bertz CT molecular complexity index is 532. The Labute approximate surface area is 126 Å². The minimum atomic E-state index is -0.223. The van der Waals surface area contributed by atoms with E-state index >= 15 is 0 Å². The molecule has 4 heteroatoms. The normalized spacial score (nSPS) is 16.9. The van der Waals surface area contributed by atoms with E-state index in [1.807, 2.05) is 32.0 Å². The number of carbonyl (C=O) groups excluding carboxylic acids is 2. The average Bonchev–Trinajstić information content (AvgIpc) is 2.43. The van der Waals surface area contributed by atoms with Crippen molar-refractivity contribution in [2.75, 3.05) is 19.6 Å². The van der Waals surface area contributed by atoms with Crippen LogP contribution in [-0.4, -0.2) is 36.2 Å². The highest BCUT2D eigenvalue weighted by atomic mass is 16.1. The average molecular weight is 288 g/mol. The lowest BCUT2D eigenvalue weighted by molar-refractivity contribution is -0.119. The summed E-state index contributed by atoms with van der Waals surface area (Å²) in [5, 5.41) is 0. The number of likely N-dealkylation sites (tertiary alicyclic amines) is 1. The van der Waals surface area contributed by atoms with Gasteiger partial charge in [-0.25, -0.2) is 0 Å². The van der Waals surface area contributed by atoms with Crippen molar-refractivity contribution in [3.05, 3.63) is 34.9 Å². The number of hydrogen-bond acceptors (Lipinski definition) is 3. The molecule has 1 amide bonds. The second kappa shape index (κ2) is 6.85. The van der Waals surface area contributed by atoms with Gasteiger partial charge in [0.15, 0.2) is 5.78 Å². The first-order valence-electron chi connectivity index (χ1n) is 7.57. The first-order valence-corrected chi connectivity index (χ1v) is 7.57. The fourth-order valence-corrected chi connectivity index (χ4v) is 2.84. The number of nitrogens with two attached hydrogens (primary N) is 1. The van der Waals surface area contributed by atoms with Crippen molar-refractivity contribution < 1.29 is 9.59 Å². The summed E-state index contributed by atoms with van der Waals surface area (Å²) in [6.45, 7) is 6.28. The van der Waals surface area contributed by atoms with Crippen LogP contribution >= 0.6 is 0 Å². The number of rotatable bonds is 5. The minimum absolute atomic E-state index is 0.173. The molecule has 0 radical (unpaired) electrons. The van der Waals surface area contributed by atoms with E-state index in [-0.39, 0.29) is 11.7 Å². The van der Waals surface area contributed by atoms with E-state index in [0.29, 0.717) is 18.9 Å². The lowest BCUT2D eigenvalue weighted by atomic mass is 9.93. The van der Waals surface area contributed by atoms with Gasteiger partial charge in [0, 0.05) is 12.0 Å². The molecule has 1 aromatic carbocycles. The third-order valence-electron chi connectivity index (χ3n) is 4.39. The monoisotopic (exact) mass is 288 g/mol. The molecule has 0 unspecified atom stereocenters. The van der Waals surface area contributed by atoms with Crippen LogP contribution in [0.25, 0.3) is 0 Å². The SMILES string of the molecule is Cc1ccc(C(=O)CN2CCC(CC(N)=O)CC2)cc1C. The van der Waals surface area contributed by atoms with E-state index < -0.39 is 0 Å². The Balaban J connectivity index is 1.86. The van der Waals surface area contributed by atoms with Crippen LogP contribution in [0.2, 0.25) is 0 Å². The Morgan fingerprint density at radius 3 is 2.43 bits per heavy atom. The summed E-state index contributed by atoms with van der Waals surface area (Å²) in [6, 6.07) is 5.88. The zero-order chi connectivity index (χ0) is 15.4. The molecule has 1 aliphatic rings. The van der Waals surface area contributed by atoms with Gasteiger partial charge >= 0.3 is 0 Å². The third-order valence-corrected chi connectivity index (χ3v) is 4.39. The van der Waals surface area contributed by atoms with Crippen molar-refractivity contribution in [1.29, 1.82) is 0 Å². The van der Waals surface area contributed by atoms with Crippen LogP contribution in [0.4, 0.5) is 0 Å². The maximum absolute atomic E-state index is 12.3. The Morgan fingerprint density at radius 2 is 1.86 bits per heavy atom. The largest absolute Gasteiger partial charge is 0.370 e. The van der Waals surface area contributed by atoms with Crippen LogP contribution in [0, 0.1) is 19.8 Å². The molecule has 0 atom stereocenters. The number of aryl methyl sites for hydroxylation is 2. The summed E-state index contributed by atoms with van der Waals surface area (Å²) in [4.78, 5) is 25.4. The van der Waals surface area contributed by atoms with E-state index in [1.54, 1.807) is 0 Å². The highest BCUT2D eigenvalue weighted by Crippen LogP contribution is 2.20. The van der Waals surface area contributed by atoms with Crippen LogP contribution in [0.1, 0.15) is 40.7 Å². The molecule has 2 N–H and O–H groups in total. The lowest BCUT2D eigenvalue weighted by Crippen LogP contribution is -2.38. The lowest BCUT2D eigenvalue weighted by Gasteiger charge is -2.30. The van der Waals surface area contributed by atoms with E-state index in [9.17, 15) is 9.59 Å². The van der Waals surface area contributed by atoms with Crippen LogP contribution in [-0.2, 0) is 4.79 Å². The van der Waals surface area contributed by atoms with Crippen LogP contribution in [0.15, 0.2) is 18.2 Å². The van der Waals surface area contributed by atoms with Crippen LogP contribution < -0.4 is 5.73 Å². The Kier molecular flexibility index (Phi) is 5.12. The number of primary amides is 1. The predicted molar refractivity (Wildman–Crippen MR) is 83.2 cm³/mol. The molecule has 2 rings (SSSR count). The van der Waals surface area contributed by atoms with Gasteiger partial charge in [-0.1, -0.05) is 12.1 Å². The first-order chi connectivity index (χ1) is 9.95. The van der Waals surface area contributed by atoms with Crippen LogP contribution in [0.3, 0.4) is 0 Å². The number of piperidine rings is 1. The second-order valence-corrected chi connectivity index (χ2v) is 6.11. The standard InChI is InChI=1S/C17H24N2O2/c1-12-3-4-15(9-13(12)2)16(20)11-19-7-5-14(6-8-19)10-17(18)21/h3-4,9,14H,5-8,10-11H2,1-2H3,(H2,18,21). The molecule has 0 spiro atoms. The molecule has 0 aromatic heterocycles. The number of amides is 1. The molecule has 114 valence electrons. The fraction of sp³-hybridized carbons (Fsp3) is 0.529. The van der Waals surface area contributed by atoms with Gasteiger partial charge in [0.05, 0.1) is 6.54 Å². The van der Waals surface area contributed by atoms with Crippen molar-refractivity contribution in [2.24, 2.45) is 11.7 Å². The molecule has 1 fully saturated rings. The highest BCUT2D eigenvalue weighted by Gasteiger charge is 2.22. The molecule has 1 aromatic rings. The third kappa shape index (κ3) is 4.39. The topological polar surface area (TPSA) is 63.4 Å². The maximum atomic E-state index is 12.3. The van der Waals surface area contributed by atoms with Gasteiger partial charge in [-0.2, -0.15) is 0 Å². The van der Waals surface area contributed by atoms with Crippen molar-refractivity contribution in [2.45, 2.75) is 33.1 Å². The maximum Gasteiger partial charge on any atom is 0.217 e. The fourth-order valence-electron chi connectivity index (χ4n) is 2.84. The second-order valence-electron chi connectivity index (χ2n) is 6.11. The summed E-state index contributed by atoms with van der Waals surface area (Å²) in [7, 11) is 0. The zero-order valence-corrected chi connectivity index (χ0v) is 12.9. The minimum Gasteiger partial charge on any atom is -0.370 e. The van der Waals surface area contributed by atoms with Crippen molar-refractivity contribution in [3.8, 4) is 0 Å². The van der Waals surface area contributed by atoms with Gasteiger partial charge in [-0.3, -0.25) is 14.5 Å². The van der Waals surface area contributed by atoms with Gasteiger partial charge in [-0.05, 0) is 62.9 Å². The quantitative estimate of drug-likeness (QED) is 0.844. The molecule has 21 heavy (non-hydrogen) atoms. The number of Topliss-reactive ketones (excluding diaryl/α,β-unsaturated/α-hetero) is 1. The van der Waals surface area contributed by atoms with E-state index in [4.69, 9.17) is 5.73 Å². The molecule has 0 saturated carbocycles. The van der Waals surface area contributed by atoms with Gasteiger partial charge in [0.25, 0.3) is 0 Å². The summed E-state index contributed by atoms with van der Waals surface area (Å²) in [6.07, 6.45) is 2.37. The summed E-state index contributed by atoms with van der Waals surface area (Å²) < 4.78 is 0. The zero-order valence-electron chi connectivity index (χ0n) is 12.9. The Hall–Kier alpha value is -1.68.